The molecule has 0 heterocycles. The van der Waals surface area contributed by atoms with Crippen LogP contribution >= 0.6 is 15.9 Å². The number of hydrogen-bond acceptors (Lipinski definition) is 2. The molecule has 0 spiro atoms. The topological polar surface area (TPSA) is 21.3 Å². The Kier molecular flexibility index (Phi) is 4.82. The molecule has 1 fully saturated rings. The van der Waals surface area contributed by atoms with E-state index in [9.17, 15) is 0 Å². The van der Waals surface area contributed by atoms with Gasteiger partial charge in [0.2, 0.25) is 0 Å². The molecule has 18 heavy (non-hydrogen) atoms. The Morgan fingerprint density at radius 1 is 1.44 bits per heavy atom. The summed E-state index contributed by atoms with van der Waals surface area (Å²) >= 11 is 3.58. The minimum absolute atomic E-state index is 0.330. The summed E-state index contributed by atoms with van der Waals surface area (Å²) in [5.74, 6) is 0.841. The van der Waals surface area contributed by atoms with E-state index in [-0.39, 0.29) is 0 Å². The molecule has 100 valence electrons. The lowest BCUT2D eigenvalue weighted by atomic mass is 9.59. The van der Waals surface area contributed by atoms with Crippen LogP contribution in [0.4, 0.5) is 0 Å². The molecule has 0 unspecified atom stereocenters. The molecule has 2 rings (SSSR count). The summed E-state index contributed by atoms with van der Waals surface area (Å²) in [6.45, 7) is 5.10. The van der Waals surface area contributed by atoms with Crippen molar-refractivity contribution in [1.82, 2.24) is 5.32 Å². The fraction of sp³-hybridized carbons (Fsp3) is 0.600. The molecule has 0 amide bonds. The molecule has 1 aliphatic carbocycles. The summed E-state index contributed by atoms with van der Waals surface area (Å²) in [4.78, 5) is 0. The van der Waals surface area contributed by atoms with Gasteiger partial charge in [-0.05, 0) is 36.5 Å². The minimum Gasteiger partial charge on any atom is -0.383 e. The Balaban J connectivity index is 2.03. The Morgan fingerprint density at radius 2 is 2.22 bits per heavy atom. The molecule has 1 aliphatic rings. The molecule has 1 aromatic carbocycles. The maximum absolute atomic E-state index is 5.08. The molecule has 0 aliphatic heterocycles. The van der Waals surface area contributed by atoms with Crippen molar-refractivity contribution in [2.24, 2.45) is 5.92 Å². The molecule has 1 aromatic rings. The average Bonchev–Trinajstić information content (AvgIpc) is 2.32. The van der Waals surface area contributed by atoms with E-state index in [4.69, 9.17) is 4.74 Å². The van der Waals surface area contributed by atoms with Crippen LogP contribution in [-0.2, 0) is 10.2 Å². The Bertz CT molecular complexity index is 388. The zero-order valence-corrected chi connectivity index (χ0v) is 12.8. The zero-order valence-electron chi connectivity index (χ0n) is 11.2. The third kappa shape index (κ3) is 3.14. The second kappa shape index (κ2) is 6.18. The lowest BCUT2D eigenvalue weighted by Crippen LogP contribution is -2.48. The highest BCUT2D eigenvalue weighted by Gasteiger charge is 2.42. The van der Waals surface area contributed by atoms with Crippen molar-refractivity contribution in [2.45, 2.75) is 25.2 Å². The third-order valence-corrected chi connectivity index (χ3v) is 4.35. The van der Waals surface area contributed by atoms with E-state index in [0.717, 1.165) is 25.6 Å². The number of methoxy groups -OCH3 is 1. The maximum atomic E-state index is 5.08. The summed E-state index contributed by atoms with van der Waals surface area (Å²) in [6, 6.07) is 8.76. The first kappa shape index (κ1) is 14.0. The van der Waals surface area contributed by atoms with Crippen molar-refractivity contribution in [1.29, 1.82) is 0 Å². The smallest absolute Gasteiger partial charge is 0.0587 e. The van der Waals surface area contributed by atoms with Gasteiger partial charge in [0, 0.05) is 30.1 Å². The summed E-state index contributed by atoms with van der Waals surface area (Å²) in [5.41, 5.74) is 1.79. The van der Waals surface area contributed by atoms with Crippen LogP contribution in [0.3, 0.4) is 0 Å². The highest BCUT2D eigenvalue weighted by molar-refractivity contribution is 9.10. The summed E-state index contributed by atoms with van der Waals surface area (Å²) in [7, 11) is 1.75. The quantitative estimate of drug-likeness (QED) is 0.813. The minimum atomic E-state index is 0.330. The third-order valence-electron chi connectivity index (χ3n) is 3.86. The zero-order chi connectivity index (χ0) is 13.0. The van der Waals surface area contributed by atoms with E-state index >= 15 is 0 Å². The highest BCUT2D eigenvalue weighted by Crippen LogP contribution is 2.47. The van der Waals surface area contributed by atoms with Crippen molar-refractivity contribution in [3.8, 4) is 0 Å². The van der Waals surface area contributed by atoms with Crippen molar-refractivity contribution in [2.75, 3.05) is 26.8 Å². The summed E-state index contributed by atoms with van der Waals surface area (Å²) in [5, 5.41) is 3.53. The lowest BCUT2D eigenvalue weighted by Gasteiger charge is -2.47. The number of benzene rings is 1. The van der Waals surface area contributed by atoms with E-state index in [0.29, 0.717) is 5.41 Å². The van der Waals surface area contributed by atoms with Gasteiger partial charge in [-0.1, -0.05) is 35.0 Å². The Morgan fingerprint density at radius 3 is 2.83 bits per heavy atom. The van der Waals surface area contributed by atoms with Crippen LogP contribution < -0.4 is 5.32 Å². The van der Waals surface area contributed by atoms with Gasteiger partial charge in [-0.15, -0.1) is 0 Å². The molecule has 0 atom stereocenters. The van der Waals surface area contributed by atoms with E-state index in [1.54, 1.807) is 7.11 Å². The van der Waals surface area contributed by atoms with Crippen LogP contribution in [0.1, 0.15) is 25.3 Å². The van der Waals surface area contributed by atoms with Crippen molar-refractivity contribution < 1.29 is 4.74 Å². The van der Waals surface area contributed by atoms with Crippen LogP contribution in [0.15, 0.2) is 28.7 Å². The van der Waals surface area contributed by atoms with Crippen LogP contribution in [0.5, 0.6) is 0 Å². The van der Waals surface area contributed by atoms with Gasteiger partial charge in [0.25, 0.3) is 0 Å². The SMILES string of the molecule is COCCNCC1(c2cccc(Br)c2)CC(C)C1. The normalized spacial score (nSPS) is 26.9. The molecule has 0 aromatic heterocycles. The molecule has 0 saturated heterocycles. The second-order valence-electron chi connectivity index (χ2n) is 5.47. The van der Waals surface area contributed by atoms with E-state index in [1.165, 1.54) is 22.9 Å². The van der Waals surface area contributed by atoms with Gasteiger partial charge in [-0.3, -0.25) is 0 Å². The molecular weight excluding hydrogens is 290 g/mol. The first-order valence-electron chi connectivity index (χ1n) is 6.62. The van der Waals surface area contributed by atoms with Gasteiger partial charge in [0.15, 0.2) is 0 Å². The second-order valence-corrected chi connectivity index (χ2v) is 6.39. The summed E-state index contributed by atoms with van der Waals surface area (Å²) < 4.78 is 6.26. The van der Waals surface area contributed by atoms with E-state index < -0.39 is 0 Å². The molecule has 1 saturated carbocycles. The number of rotatable bonds is 6. The number of halogens is 1. The van der Waals surface area contributed by atoms with Gasteiger partial charge in [0.05, 0.1) is 6.61 Å². The number of nitrogens with one attached hydrogen (secondary N) is 1. The highest BCUT2D eigenvalue weighted by atomic mass is 79.9. The van der Waals surface area contributed by atoms with Crippen LogP contribution in [0, 0.1) is 5.92 Å². The Labute approximate surface area is 118 Å². The lowest BCUT2D eigenvalue weighted by molar-refractivity contribution is 0.144. The van der Waals surface area contributed by atoms with Crippen LogP contribution in [0.2, 0.25) is 0 Å². The van der Waals surface area contributed by atoms with Crippen molar-refractivity contribution in [3.63, 3.8) is 0 Å². The Hall–Kier alpha value is -0.380. The number of ether oxygens (including phenoxy) is 1. The van der Waals surface area contributed by atoms with E-state index in [2.05, 4.69) is 52.4 Å². The number of hydrogen-bond donors (Lipinski definition) is 1. The van der Waals surface area contributed by atoms with Gasteiger partial charge in [-0.2, -0.15) is 0 Å². The average molecular weight is 312 g/mol. The monoisotopic (exact) mass is 311 g/mol. The fourth-order valence-corrected chi connectivity index (χ4v) is 3.48. The fourth-order valence-electron chi connectivity index (χ4n) is 3.08. The van der Waals surface area contributed by atoms with Crippen molar-refractivity contribution >= 4 is 15.9 Å². The predicted molar refractivity (Wildman–Crippen MR) is 79.0 cm³/mol. The molecule has 3 heteroatoms. The largest absolute Gasteiger partial charge is 0.383 e. The molecule has 1 N–H and O–H groups in total. The van der Waals surface area contributed by atoms with Crippen LogP contribution in [-0.4, -0.2) is 26.8 Å². The molecule has 0 bridgehead atoms. The van der Waals surface area contributed by atoms with E-state index in [1.807, 2.05) is 0 Å². The standard InChI is InChI=1S/C15H22BrNO/c1-12-9-15(10-12,11-17-6-7-18-2)13-4-3-5-14(16)8-13/h3-5,8,12,17H,6-7,9-11H2,1-2H3. The maximum Gasteiger partial charge on any atom is 0.0587 e. The first-order valence-corrected chi connectivity index (χ1v) is 7.41. The van der Waals surface area contributed by atoms with Crippen LogP contribution in [0.25, 0.3) is 0 Å². The first-order chi connectivity index (χ1) is 8.66. The van der Waals surface area contributed by atoms with Gasteiger partial charge < -0.3 is 10.1 Å². The van der Waals surface area contributed by atoms with Gasteiger partial charge in [0.1, 0.15) is 0 Å². The molecule has 2 nitrogen and oxygen atoms in total. The molecule has 0 radical (unpaired) electrons. The predicted octanol–water partition coefficient (Wildman–Crippen LogP) is 3.35. The van der Waals surface area contributed by atoms with Gasteiger partial charge in [-0.25, -0.2) is 0 Å². The summed E-state index contributed by atoms with van der Waals surface area (Å²) in [6.07, 6.45) is 2.56. The van der Waals surface area contributed by atoms with Gasteiger partial charge >= 0.3 is 0 Å². The van der Waals surface area contributed by atoms with Crippen molar-refractivity contribution in [3.05, 3.63) is 34.3 Å². The molecular formula is C15H22BrNO.